The summed E-state index contributed by atoms with van der Waals surface area (Å²) in [5.41, 5.74) is 4.02. The Balaban J connectivity index is 1.25. The lowest BCUT2D eigenvalue weighted by Gasteiger charge is -2.32. The summed E-state index contributed by atoms with van der Waals surface area (Å²) < 4.78 is 20.4. The number of benzene rings is 2. The van der Waals surface area contributed by atoms with Gasteiger partial charge in [-0.1, -0.05) is 32.0 Å². The summed E-state index contributed by atoms with van der Waals surface area (Å²) in [5, 5.41) is 0. The maximum absolute atomic E-state index is 13.1. The number of fused-ring (bicyclic) bond motifs is 1. The molecule has 0 aliphatic carbocycles. The van der Waals surface area contributed by atoms with Crippen molar-refractivity contribution in [1.82, 2.24) is 9.47 Å². The second-order valence-electron chi connectivity index (χ2n) is 8.78. The first-order chi connectivity index (χ1) is 14.5. The van der Waals surface area contributed by atoms with Crippen molar-refractivity contribution in [3.05, 3.63) is 70.0 Å². The van der Waals surface area contributed by atoms with Gasteiger partial charge in [-0.15, -0.1) is 0 Å². The Kier molecular flexibility index (Phi) is 6.38. The molecule has 1 saturated heterocycles. The number of hydrogen-bond donors (Lipinski definition) is 0. The van der Waals surface area contributed by atoms with Crippen molar-refractivity contribution in [2.45, 2.75) is 57.9 Å². The minimum Gasteiger partial charge on any atom is -0.408 e. The quantitative estimate of drug-likeness (QED) is 0.482. The normalized spacial score (nSPS) is 16.0. The first-order valence-electron chi connectivity index (χ1n) is 11.1. The lowest BCUT2D eigenvalue weighted by Crippen LogP contribution is -2.33. The van der Waals surface area contributed by atoms with Crippen LogP contribution in [0.2, 0.25) is 0 Å². The van der Waals surface area contributed by atoms with Gasteiger partial charge in [0.15, 0.2) is 5.58 Å². The maximum Gasteiger partial charge on any atom is 0.419 e. The molecule has 1 aromatic heterocycles. The minimum atomic E-state index is -0.258. The maximum atomic E-state index is 13.1. The molecule has 0 spiro atoms. The van der Waals surface area contributed by atoms with Gasteiger partial charge in [0.25, 0.3) is 0 Å². The molecule has 0 radical (unpaired) electrons. The molecule has 1 aliphatic heterocycles. The van der Waals surface area contributed by atoms with E-state index < -0.39 is 0 Å². The van der Waals surface area contributed by atoms with Crippen LogP contribution in [0.25, 0.3) is 11.1 Å². The molecule has 2 aromatic carbocycles. The van der Waals surface area contributed by atoms with Crippen LogP contribution in [0.5, 0.6) is 0 Å². The first kappa shape index (κ1) is 20.9. The fraction of sp³-hybridized carbons (Fsp3) is 0.480. The van der Waals surface area contributed by atoms with E-state index >= 15 is 0 Å². The van der Waals surface area contributed by atoms with E-state index in [0.717, 1.165) is 50.8 Å². The molecule has 30 heavy (non-hydrogen) atoms. The van der Waals surface area contributed by atoms with Gasteiger partial charge in [0.2, 0.25) is 0 Å². The van der Waals surface area contributed by atoms with Gasteiger partial charge in [-0.2, -0.15) is 0 Å². The number of nitrogens with zero attached hydrogens (tertiary/aromatic N) is 2. The Morgan fingerprint density at radius 2 is 1.73 bits per heavy atom. The average Bonchev–Trinajstić information content (AvgIpc) is 3.06. The summed E-state index contributed by atoms with van der Waals surface area (Å²) in [4.78, 5) is 14.8. The molecule has 0 N–H and O–H groups in total. The van der Waals surface area contributed by atoms with Crippen molar-refractivity contribution in [3.8, 4) is 0 Å². The number of aromatic nitrogens is 1. The Morgan fingerprint density at radius 3 is 2.43 bits per heavy atom. The molecule has 0 unspecified atom stereocenters. The second kappa shape index (κ2) is 9.17. The Morgan fingerprint density at radius 1 is 1.03 bits per heavy atom. The SMILES string of the molecule is CC(C)c1ccc2c(c1)oc(=O)n2CCCCN1CCC(c2ccc(F)cc2)CC1. The molecule has 4 nitrogen and oxygen atoms in total. The van der Waals surface area contributed by atoms with Crippen LogP contribution in [0.1, 0.15) is 62.5 Å². The summed E-state index contributed by atoms with van der Waals surface area (Å²) in [6.07, 6.45) is 4.26. The van der Waals surface area contributed by atoms with Crippen molar-refractivity contribution < 1.29 is 8.81 Å². The number of rotatable bonds is 7. The monoisotopic (exact) mass is 410 g/mol. The van der Waals surface area contributed by atoms with Gasteiger partial charge in [-0.3, -0.25) is 4.57 Å². The summed E-state index contributed by atoms with van der Waals surface area (Å²) in [7, 11) is 0. The third-order valence-electron chi connectivity index (χ3n) is 6.39. The van der Waals surface area contributed by atoms with E-state index in [2.05, 4.69) is 24.8 Å². The number of aryl methyl sites for hydroxylation is 1. The van der Waals surface area contributed by atoms with Gasteiger partial charge in [0.05, 0.1) is 5.52 Å². The largest absolute Gasteiger partial charge is 0.419 e. The van der Waals surface area contributed by atoms with E-state index in [1.165, 1.54) is 11.1 Å². The molecular weight excluding hydrogens is 379 g/mol. The fourth-order valence-electron chi connectivity index (χ4n) is 4.48. The summed E-state index contributed by atoms with van der Waals surface area (Å²) in [6, 6.07) is 13.1. The Hall–Kier alpha value is -2.40. The average molecular weight is 411 g/mol. The van der Waals surface area contributed by atoms with Crippen LogP contribution in [0, 0.1) is 5.82 Å². The van der Waals surface area contributed by atoms with Gasteiger partial charge in [0.1, 0.15) is 5.82 Å². The third kappa shape index (κ3) is 4.67. The van der Waals surface area contributed by atoms with Crippen LogP contribution in [-0.2, 0) is 6.54 Å². The number of hydrogen-bond acceptors (Lipinski definition) is 3. The molecule has 0 atom stereocenters. The standard InChI is InChI=1S/C25H31FN2O2/c1-18(2)21-7-10-23-24(17-21)30-25(29)28(23)14-4-3-13-27-15-11-20(12-16-27)19-5-8-22(26)9-6-19/h5-10,17-18,20H,3-4,11-16H2,1-2H3. The zero-order valence-corrected chi connectivity index (χ0v) is 17.9. The van der Waals surface area contributed by atoms with Gasteiger partial charge in [-0.05, 0) is 92.5 Å². The predicted octanol–water partition coefficient (Wildman–Crippen LogP) is 5.52. The summed E-state index contributed by atoms with van der Waals surface area (Å²) in [6.45, 7) is 8.18. The van der Waals surface area contributed by atoms with E-state index in [1.54, 1.807) is 16.7 Å². The molecule has 0 bridgehead atoms. The number of piperidine rings is 1. The Bertz CT molecular complexity index is 1030. The molecule has 0 amide bonds. The van der Waals surface area contributed by atoms with Crippen LogP contribution >= 0.6 is 0 Å². The van der Waals surface area contributed by atoms with Crippen molar-refractivity contribution in [2.75, 3.05) is 19.6 Å². The number of oxazole rings is 1. The van der Waals surface area contributed by atoms with Gasteiger partial charge in [-0.25, -0.2) is 9.18 Å². The number of unbranched alkanes of at least 4 members (excludes halogenated alkanes) is 1. The van der Waals surface area contributed by atoms with E-state index in [0.29, 0.717) is 24.0 Å². The van der Waals surface area contributed by atoms with Gasteiger partial charge < -0.3 is 9.32 Å². The Labute approximate surface area is 177 Å². The highest BCUT2D eigenvalue weighted by Crippen LogP contribution is 2.28. The smallest absolute Gasteiger partial charge is 0.408 e. The van der Waals surface area contributed by atoms with E-state index in [9.17, 15) is 9.18 Å². The zero-order chi connectivity index (χ0) is 21.1. The van der Waals surface area contributed by atoms with Crippen LogP contribution < -0.4 is 5.76 Å². The highest BCUT2D eigenvalue weighted by atomic mass is 19.1. The van der Waals surface area contributed by atoms with Crippen molar-refractivity contribution in [3.63, 3.8) is 0 Å². The molecule has 2 heterocycles. The molecule has 1 fully saturated rings. The summed E-state index contributed by atoms with van der Waals surface area (Å²) >= 11 is 0. The fourth-order valence-corrected chi connectivity index (χ4v) is 4.48. The predicted molar refractivity (Wildman–Crippen MR) is 119 cm³/mol. The lowest BCUT2D eigenvalue weighted by molar-refractivity contribution is 0.207. The molecular formula is C25H31FN2O2. The van der Waals surface area contributed by atoms with Crippen molar-refractivity contribution in [2.24, 2.45) is 0 Å². The molecule has 4 rings (SSSR count). The van der Waals surface area contributed by atoms with E-state index in [4.69, 9.17) is 4.42 Å². The second-order valence-corrected chi connectivity index (χ2v) is 8.78. The lowest BCUT2D eigenvalue weighted by atomic mass is 9.89. The highest BCUT2D eigenvalue weighted by molar-refractivity contribution is 5.73. The summed E-state index contributed by atoms with van der Waals surface area (Å²) in [5.74, 6) is 0.524. The number of likely N-dealkylation sites (tertiary alicyclic amines) is 1. The van der Waals surface area contributed by atoms with E-state index in [-0.39, 0.29) is 11.6 Å². The van der Waals surface area contributed by atoms with Crippen molar-refractivity contribution in [1.29, 1.82) is 0 Å². The molecule has 3 aromatic rings. The molecule has 5 heteroatoms. The van der Waals surface area contributed by atoms with E-state index in [1.807, 2.05) is 24.3 Å². The molecule has 1 aliphatic rings. The van der Waals surface area contributed by atoms with Crippen molar-refractivity contribution >= 4 is 11.1 Å². The van der Waals surface area contributed by atoms with Crippen LogP contribution in [0.4, 0.5) is 4.39 Å². The number of halogens is 1. The highest BCUT2D eigenvalue weighted by Gasteiger charge is 2.20. The first-order valence-corrected chi connectivity index (χ1v) is 11.1. The molecule has 160 valence electrons. The zero-order valence-electron chi connectivity index (χ0n) is 17.9. The van der Waals surface area contributed by atoms with Crippen LogP contribution in [0.3, 0.4) is 0 Å². The van der Waals surface area contributed by atoms with Crippen LogP contribution in [0.15, 0.2) is 51.7 Å². The topological polar surface area (TPSA) is 38.4 Å². The molecule has 0 saturated carbocycles. The third-order valence-corrected chi connectivity index (χ3v) is 6.39. The van der Waals surface area contributed by atoms with Crippen LogP contribution in [-0.4, -0.2) is 29.1 Å². The van der Waals surface area contributed by atoms with Gasteiger partial charge in [0, 0.05) is 6.54 Å². The van der Waals surface area contributed by atoms with Gasteiger partial charge >= 0.3 is 5.76 Å². The minimum absolute atomic E-state index is 0.166.